The van der Waals surface area contributed by atoms with E-state index >= 15 is 0 Å². The molecule has 0 fully saturated rings. The van der Waals surface area contributed by atoms with Crippen molar-refractivity contribution in [3.05, 3.63) is 58.6 Å². The van der Waals surface area contributed by atoms with Crippen molar-refractivity contribution in [1.82, 2.24) is 10.2 Å². The summed E-state index contributed by atoms with van der Waals surface area (Å²) < 4.78 is 11.6. The van der Waals surface area contributed by atoms with Gasteiger partial charge in [0.1, 0.15) is 0 Å². The molecule has 9 heteroatoms. The molecule has 2 aromatic carbocycles. The van der Waals surface area contributed by atoms with Crippen LogP contribution in [0.1, 0.15) is 23.7 Å². The third-order valence-electron chi connectivity index (χ3n) is 3.64. The van der Waals surface area contributed by atoms with Gasteiger partial charge in [-0.1, -0.05) is 40.7 Å². The number of benzene rings is 2. The highest BCUT2D eigenvalue weighted by molar-refractivity contribution is 9.10. The molecule has 0 saturated heterocycles. The van der Waals surface area contributed by atoms with Gasteiger partial charge in [-0.05, 0) is 48.9 Å². The maximum absolute atomic E-state index is 12.2. The van der Waals surface area contributed by atoms with Crippen LogP contribution < -0.4 is 5.32 Å². The Balaban J connectivity index is 1.54. The average Bonchev–Trinajstić information content (AvgIpc) is 3.20. The zero-order valence-electron chi connectivity index (χ0n) is 15.6. The predicted octanol–water partition coefficient (Wildman–Crippen LogP) is 4.80. The third-order valence-corrected chi connectivity index (χ3v) is 4.99. The molecule has 0 radical (unpaired) electrons. The Bertz CT molecular complexity index is 991. The lowest BCUT2D eigenvalue weighted by Crippen LogP contribution is -2.14. The van der Waals surface area contributed by atoms with Crippen molar-refractivity contribution in [1.29, 1.82) is 0 Å². The van der Waals surface area contributed by atoms with Crippen LogP contribution in [0, 0.1) is 0 Å². The van der Waals surface area contributed by atoms with Gasteiger partial charge in [0, 0.05) is 15.7 Å². The minimum absolute atomic E-state index is 0.0898. The number of halogens is 1. The summed E-state index contributed by atoms with van der Waals surface area (Å²) >= 11 is 4.51. The molecule has 29 heavy (non-hydrogen) atoms. The van der Waals surface area contributed by atoms with E-state index in [2.05, 4.69) is 31.4 Å². The fourth-order valence-electron chi connectivity index (χ4n) is 2.30. The van der Waals surface area contributed by atoms with E-state index in [1.165, 1.54) is 0 Å². The Hall–Kier alpha value is -2.65. The SMILES string of the molecule is CCCOC(=O)c1cccc(NC(=O)CSc2nnc(-c3ccc(Br)cc3)o2)c1. The van der Waals surface area contributed by atoms with Crippen LogP contribution in [0.25, 0.3) is 11.5 Å². The summed E-state index contributed by atoms with van der Waals surface area (Å²) in [6.45, 7) is 2.28. The highest BCUT2D eigenvalue weighted by atomic mass is 79.9. The highest BCUT2D eigenvalue weighted by Gasteiger charge is 2.12. The first-order chi connectivity index (χ1) is 14.0. The van der Waals surface area contributed by atoms with Gasteiger partial charge in [-0.25, -0.2) is 4.79 Å². The summed E-state index contributed by atoms with van der Waals surface area (Å²) in [7, 11) is 0. The summed E-state index contributed by atoms with van der Waals surface area (Å²) in [6, 6.07) is 14.1. The van der Waals surface area contributed by atoms with Crippen LogP contribution >= 0.6 is 27.7 Å². The number of hydrogen-bond donors (Lipinski definition) is 1. The molecule has 0 saturated carbocycles. The molecule has 0 aliphatic heterocycles. The first-order valence-corrected chi connectivity index (χ1v) is 10.6. The van der Waals surface area contributed by atoms with E-state index in [0.717, 1.165) is 28.2 Å². The number of carbonyl (C=O) groups is 2. The van der Waals surface area contributed by atoms with Crippen LogP contribution in [0.5, 0.6) is 0 Å². The molecule has 0 aliphatic rings. The van der Waals surface area contributed by atoms with Gasteiger partial charge in [-0.2, -0.15) is 0 Å². The number of nitrogens with zero attached hydrogens (tertiary/aromatic N) is 2. The molecule has 0 bridgehead atoms. The van der Waals surface area contributed by atoms with Crippen molar-refractivity contribution < 1.29 is 18.7 Å². The lowest BCUT2D eigenvalue weighted by molar-refractivity contribution is -0.113. The summed E-state index contributed by atoms with van der Waals surface area (Å²) in [5.41, 5.74) is 1.70. The van der Waals surface area contributed by atoms with Crippen molar-refractivity contribution in [2.45, 2.75) is 18.6 Å². The lowest BCUT2D eigenvalue weighted by Gasteiger charge is -2.07. The number of amides is 1. The molecule has 150 valence electrons. The van der Waals surface area contributed by atoms with Crippen molar-refractivity contribution in [3.8, 4) is 11.5 Å². The van der Waals surface area contributed by atoms with Gasteiger partial charge in [-0.15, -0.1) is 10.2 Å². The van der Waals surface area contributed by atoms with Crippen LogP contribution in [0.15, 0.2) is 62.6 Å². The van der Waals surface area contributed by atoms with E-state index in [9.17, 15) is 9.59 Å². The number of nitrogens with one attached hydrogen (secondary N) is 1. The van der Waals surface area contributed by atoms with E-state index < -0.39 is 5.97 Å². The second-order valence-electron chi connectivity index (χ2n) is 5.93. The zero-order valence-corrected chi connectivity index (χ0v) is 18.0. The minimum Gasteiger partial charge on any atom is -0.462 e. The monoisotopic (exact) mass is 475 g/mol. The van der Waals surface area contributed by atoms with Crippen LogP contribution in [-0.4, -0.2) is 34.4 Å². The maximum Gasteiger partial charge on any atom is 0.338 e. The molecular formula is C20H18BrN3O4S. The Morgan fingerprint density at radius 3 is 2.72 bits per heavy atom. The van der Waals surface area contributed by atoms with Gasteiger partial charge in [0.2, 0.25) is 11.8 Å². The van der Waals surface area contributed by atoms with E-state index in [4.69, 9.17) is 9.15 Å². The summed E-state index contributed by atoms with van der Waals surface area (Å²) in [4.78, 5) is 24.1. The van der Waals surface area contributed by atoms with Crippen molar-refractivity contribution in [3.63, 3.8) is 0 Å². The van der Waals surface area contributed by atoms with Gasteiger partial charge in [0.15, 0.2) is 0 Å². The Labute approximate surface area is 180 Å². The third kappa shape index (κ3) is 6.16. The highest BCUT2D eigenvalue weighted by Crippen LogP contribution is 2.24. The van der Waals surface area contributed by atoms with Gasteiger partial charge >= 0.3 is 5.97 Å². The Kier molecular flexibility index (Phi) is 7.42. The summed E-state index contributed by atoms with van der Waals surface area (Å²) in [5.74, 6) is -0.188. The molecule has 3 rings (SSSR count). The van der Waals surface area contributed by atoms with E-state index in [1.54, 1.807) is 24.3 Å². The fraction of sp³-hybridized carbons (Fsp3) is 0.200. The normalized spacial score (nSPS) is 10.6. The van der Waals surface area contributed by atoms with Gasteiger partial charge < -0.3 is 14.5 Å². The summed E-state index contributed by atoms with van der Waals surface area (Å²) in [5, 5.41) is 11.0. The molecule has 0 aliphatic carbocycles. The summed E-state index contributed by atoms with van der Waals surface area (Å²) in [6.07, 6.45) is 0.749. The molecule has 1 aromatic heterocycles. The molecule has 1 heterocycles. The van der Waals surface area contributed by atoms with Crippen molar-refractivity contribution >= 4 is 45.3 Å². The molecule has 0 spiro atoms. The smallest absolute Gasteiger partial charge is 0.338 e. The molecule has 1 amide bonds. The van der Waals surface area contributed by atoms with E-state index in [-0.39, 0.29) is 11.7 Å². The van der Waals surface area contributed by atoms with Crippen molar-refractivity contribution in [2.24, 2.45) is 0 Å². The molecule has 0 unspecified atom stereocenters. The van der Waals surface area contributed by atoms with E-state index in [1.807, 2.05) is 31.2 Å². The second-order valence-corrected chi connectivity index (χ2v) is 7.78. The topological polar surface area (TPSA) is 94.3 Å². The first-order valence-electron chi connectivity index (χ1n) is 8.84. The van der Waals surface area contributed by atoms with E-state index in [0.29, 0.717) is 29.0 Å². The number of thioether (sulfide) groups is 1. The standard InChI is InChI=1S/C20H18BrN3O4S/c1-2-10-27-19(26)14-4-3-5-16(11-14)22-17(25)12-29-20-24-23-18(28-20)13-6-8-15(21)9-7-13/h3-9,11H,2,10,12H2,1H3,(H,22,25). The predicted molar refractivity (Wildman–Crippen MR) is 114 cm³/mol. The van der Waals surface area contributed by atoms with Crippen molar-refractivity contribution in [2.75, 3.05) is 17.7 Å². The molecule has 0 atom stereocenters. The average molecular weight is 476 g/mol. The lowest BCUT2D eigenvalue weighted by atomic mass is 10.2. The number of hydrogen-bond acceptors (Lipinski definition) is 7. The fourth-order valence-corrected chi connectivity index (χ4v) is 3.13. The Morgan fingerprint density at radius 1 is 1.17 bits per heavy atom. The number of rotatable bonds is 8. The minimum atomic E-state index is -0.413. The van der Waals surface area contributed by atoms with Crippen LogP contribution in [0.2, 0.25) is 0 Å². The van der Waals surface area contributed by atoms with Crippen LogP contribution in [-0.2, 0) is 9.53 Å². The second kappa shape index (κ2) is 10.2. The van der Waals surface area contributed by atoms with Gasteiger partial charge in [-0.3, -0.25) is 4.79 Å². The molecule has 3 aromatic rings. The number of ether oxygens (including phenoxy) is 1. The van der Waals surface area contributed by atoms with Gasteiger partial charge in [0.25, 0.3) is 5.22 Å². The number of carbonyl (C=O) groups excluding carboxylic acids is 2. The quantitative estimate of drug-likeness (QED) is 0.369. The largest absolute Gasteiger partial charge is 0.462 e. The number of anilines is 1. The van der Waals surface area contributed by atoms with Crippen LogP contribution in [0.4, 0.5) is 5.69 Å². The molecule has 7 nitrogen and oxygen atoms in total. The zero-order chi connectivity index (χ0) is 20.6. The number of esters is 1. The maximum atomic E-state index is 12.2. The first kappa shape index (κ1) is 21.1. The number of aromatic nitrogens is 2. The molecule has 1 N–H and O–H groups in total. The molecular weight excluding hydrogens is 458 g/mol. The Morgan fingerprint density at radius 2 is 1.97 bits per heavy atom. The van der Waals surface area contributed by atoms with Crippen LogP contribution in [0.3, 0.4) is 0 Å². The van der Waals surface area contributed by atoms with Gasteiger partial charge in [0.05, 0.1) is 17.9 Å².